The molecule has 1 fully saturated rings. The van der Waals surface area contributed by atoms with E-state index in [0.717, 1.165) is 0 Å². The summed E-state index contributed by atoms with van der Waals surface area (Å²) >= 11 is 0. The van der Waals surface area contributed by atoms with Crippen LogP contribution in [0.15, 0.2) is 134 Å². The Morgan fingerprint density at radius 3 is 1.41 bits per heavy atom. The first-order valence-corrected chi connectivity index (χ1v) is 15.4. The predicted octanol–water partition coefficient (Wildman–Crippen LogP) is 4.81. The minimum absolute atomic E-state index is 0.152. The third-order valence-corrected chi connectivity index (χ3v) is 7.49. The molecule has 1 aliphatic heterocycles. The Morgan fingerprint density at radius 1 is 0.612 bits per heavy atom. The molecule has 0 unspecified atom stereocenters. The summed E-state index contributed by atoms with van der Waals surface area (Å²) in [7, 11) is 0. The number of ether oxygens (including phenoxy) is 6. The van der Waals surface area contributed by atoms with Crippen LogP contribution in [0, 0.1) is 0 Å². The van der Waals surface area contributed by atoms with Crippen molar-refractivity contribution >= 4 is 23.9 Å². The first-order chi connectivity index (χ1) is 23.9. The van der Waals surface area contributed by atoms with Crippen molar-refractivity contribution in [2.75, 3.05) is 13.2 Å². The lowest BCUT2D eigenvalue weighted by Gasteiger charge is -2.44. The van der Waals surface area contributed by atoms with Gasteiger partial charge in [-0.1, -0.05) is 78.9 Å². The molecule has 252 valence electrons. The Hall–Kier alpha value is -5.62. The van der Waals surface area contributed by atoms with E-state index in [0.29, 0.717) is 0 Å². The fraction of sp³-hybridized carbons (Fsp3) is 0.211. The Morgan fingerprint density at radius 2 is 1.00 bits per heavy atom. The predicted molar refractivity (Wildman–Crippen MR) is 174 cm³/mol. The van der Waals surface area contributed by atoms with Crippen LogP contribution in [0.4, 0.5) is 0 Å². The van der Waals surface area contributed by atoms with Crippen molar-refractivity contribution in [3.05, 3.63) is 156 Å². The van der Waals surface area contributed by atoms with E-state index in [1.165, 1.54) is 42.5 Å². The van der Waals surface area contributed by atoms with E-state index in [1.54, 1.807) is 84.9 Å². The molecule has 4 aromatic carbocycles. The van der Waals surface area contributed by atoms with Gasteiger partial charge in [0.15, 0.2) is 24.6 Å². The maximum Gasteiger partial charge on any atom is 0.338 e. The number of esters is 4. The van der Waals surface area contributed by atoms with E-state index in [-0.39, 0.29) is 22.3 Å². The van der Waals surface area contributed by atoms with Gasteiger partial charge in [0, 0.05) is 0 Å². The summed E-state index contributed by atoms with van der Waals surface area (Å²) in [4.78, 5) is 53.5. The standard InChI is InChI=1S/C38H34O11/c1-2-29(23-39)45-38-33(49-37(43)28-21-13-6-14-22-28)32(48-36(42)27-19-11-5-12-20-27)31(47-35(41)26-17-9-4-10-18-26)30(46-38)24-44-34(40)25-15-7-3-8-16-25/h2-22,29-33,38-39H,1,23-24H2/t29-,30-,31+,32+,33-,38+/m1/s1. The molecule has 0 spiro atoms. The average molecular weight is 667 g/mol. The van der Waals surface area contributed by atoms with Crippen molar-refractivity contribution in [1.82, 2.24) is 0 Å². The molecule has 5 rings (SSSR count). The zero-order chi connectivity index (χ0) is 34.6. The van der Waals surface area contributed by atoms with Gasteiger partial charge in [0.05, 0.1) is 28.9 Å². The van der Waals surface area contributed by atoms with Gasteiger partial charge in [0.2, 0.25) is 0 Å². The molecule has 49 heavy (non-hydrogen) atoms. The lowest BCUT2D eigenvalue weighted by molar-refractivity contribution is -0.306. The van der Waals surface area contributed by atoms with Crippen LogP contribution < -0.4 is 0 Å². The lowest BCUT2D eigenvalue weighted by atomic mass is 9.97. The Labute approximate surface area is 282 Å². The van der Waals surface area contributed by atoms with Gasteiger partial charge in [-0.3, -0.25) is 0 Å². The van der Waals surface area contributed by atoms with E-state index in [2.05, 4.69) is 6.58 Å². The van der Waals surface area contributed by atoms with E-state index in [4.69, 9.17) is 28.4 Å². The average Bonchev–Trinajstić information content (AvgIpc) is 3.16. The molecule has 0 amide bonds. The molecule has 4 aromatic rings. The highest BCUT2D eigenvalue weighted by Crippen LogP contribution is 2.32. The summed E-state index contributed by atoms with van der Waals surface area (Å²) in [6.07, 6.45) is -7.23. The molecule has 0 saturated carbocycles. The number of hydrogen-bond acceptors (Lipinski definition) is 11. The fourth-order valence-corrected chi connectivity index (χ4v) is 4.98. The monoisotopic (exact) mass is 666 g/mol. The number of hydrogen-bond donors (Lipinski definition) is 1. The molecule has 1 aliphatic rings. The largest absolute Gasteiger partial charge is 0.459 e. The maximum atomic E-state index is 13.6. The first kappa shape index (κ1) is 34.7. The maximum absolute atomic E-state index is 13.6. The molecule has 0 aromatic heterocycles. The minimum Gasteiger partial charge on any atom is -0.459 e. The lowest BCUT2D eigenvalue weighted by Crippen LogP contribution is -2.63. The summed E-state index contributed by atoms with van der Waals surface area (Å²) in [5.74, 6) is -3.19. The second-order valence-corrected chi connectivity index (χ2v) is 10.8. The Bertz CT molecular complexity index is 1700. The number of aliphatic hydroxyl groups excluding tert-OH is 1. The summed E-state index contributed by atoms with van der Waals surface area (Å²) in [5.41, 5.74) is 0.726. The molecular weight excluding hydrogens is 632 g/mol. The van der Waals surface area contributed by atoms with Gasteiger partial charge in [-0.15, -0.1) is 6.58 Å². The minimum atomic E-state index is -1.57. The highest BCUT2D eigenvalue weighted by molar-refractivity contribution is 5.91. The molecule has 11 heteroatoms. The zero-order valence-corrected chi connectivity index (χ0v) is 26.2. The zero-order valence-electron chi connectivity index (χ0n) is 26.2. The molecule has 1 heterocycles. The quantitative estimate of drug-likeness (QED) is 0.119. The second kappa shape index (κ2) is 17.0. The summed E-state index contributed by atoms with van der Waals surface area (Å²) in [6.45, 7) is 2.63. The molecule has 0 bridgehead atoms. The molecule has 1 saturated heterocycles. The molecule has 11 nitrogen and oxygen atoms in total. The number of rotatable bonds is 13. The van der Waals surface area contributed by atoms with Crippen LogP contribution in [-0.4, -0.2) is 79.0 Å². The van der Waals surface area contributed by atoms with Crippen molar-refractivity contribution in [2.45, 2.75) is 36.8 Å². The van der Waals surface area contributed by atoms with Gasteiger partial charge in [-0.2, -0.15) is 0 Å². The van der Waals surface area contributed by atoms with Crippen molar-refractivity contribution in [3.8, 4) is 0 Å². The molecule has 0 aliphatic carbocycles. The van der Waals surface area contributed by atoms with Gasteiger partial charge in [-0.05, 0) is 48.5 Å². The molecular formula is C38H34O11. The topological polar surface area (TPSA) is 144 Å². The number of carbonyl (C=O) groups is 4. The normalized spacial score (nSPS) is 20.6. The van der Waals surface area contributed by atoms with Crippen molar-refractivity contribution in [1.29, 1.82) is 0 Å². The summed E-state index contributed by atoms with van der Waals surface area (Å²) in [5, 5.41) is 9.94. The fourth-order valence-electron chi connectivity index (χ4n) is 4.98. The van der Waals surface area contributed by atoms with E-state index < -0.39 is 73.9 Å². The SMILES string of the molecule is C=C[C@H](CO)O[C@H]1O[C@H](COC(=O)c2ccccc2)[C@H](OC(=O)c2ccccc2)[C@H](OC(=O)c2ccccc2)[C@H]1OC(=O)c1ccccc1. The van der Waals surface area contributed by atoms with Gasteiger partial charge in [0.1, 0.15) is 18.8 Å². The van der Waals surface area contributed by atoms with Crippen LogP contribution in [0.2, 0.25) is 0 Å². The van der Waals surface area contributed by atoms with Crippen LogP contribution in [0.25, 0.3) is 0 Å². The second-order valence-electron chi connectivity index (χ2n) is 10.8. The van der Waals surface area contributed by atoms with E-state index >= 15 is 0 Å². The highest BCUT2D eigenvalue weighted by Gasteiger charge is 2.54. The summed E-state index contributed by atoms with van der Waals surface area (Å²) in [6, 6.07) is 32.3. The van der Waals surface area contributed by atoms with Crippen LogP contribution >= 0.6 is 0 Å². The third-order valence-electron chi connectivity index (χ3n) is 7.49. The first-order valence-electron chi connectivity index (χ1n) is 15.4. The van der Waals surface area contributed by atoms with Crippen molar-refractivity contribution in [2.24, 2.45) is 0 Å². The van der Waals surface area contributed by atoms with E-state index in [1.807, 2.05) is 0 Å². The highest BCUT2D eigenvalue weighted by atomic mass is 16.7. The summed E-state index contributed by atoms with van der Waals surface area (Å²) < 4.78 is 35.6. The Balaban J connectivity index is 1.56. The number of benzene rings is 4. The molecule has 0 radical (unpaired) electrons. The molecule has 6 atom stereocenters. The van der Waals surface area contributed by atoms with Crippen LogP contribution in [0.5, 0.6) is 0 Å². The van der Waals surface area contributed by atoms with Gasteiger partial charge in [0.25, 0.3) is 0 Å². The van der Waals surface area contributed by atoms with Crippen molar-refractivity contribution < 1.29 is 52.7 Å². The number of aliphatic hydroxyl groups is 1. The number of carbonyl (C=O) groups excluding carboxylic acids is 4. The van der Waals surface area contributed by atoms with Crippen LogP contribution in [0.3, 0.4) is 0 Å². The van der Waals surface area contributed by atoms with Crippen LogP contribution in [0.1, 0.15) is 41.4 Å². The van der Waals surface area contributed by atoms with Crippen molar-refractivity contribution in [3.63, 3.8) is 0 Å². The van der Waals surface area contributed by atoms with E-state index in [9.17, 15) is 24.3 Å². The van der Waals surface area contributed by atoms with Gasteiger partial charge < -0.3 is 33.5 Å². The third kappa shape index (κ3) is 9.05. The smallest absolute Gasteiger partial charge is 0.338 e. The van der Waals surface area contributed by atoms with Gasteiger partial charge in [-0.25, -0.2) is 19.2 Å². The molecule has 1 N–H and O–H groups in total. The van der Waals surface area contributed by atoms with Gasteiger partial charge >= 0.3 is 23.9 Å². The Kier molecular flexibility index (Phi) is 12.0. The van der Waals surface area contributed by atoms with Crippen LogP contribution in [-0.2, 0) is 28.4 Å².